The molecule has 100 valence electrons. The van der Waals surface area contributed by atoms with Crippen molar-refractivity contribution in [2.75, 3.05) is 19.6 Å². The summed E-state index contributed by atoms with van der Waals surface area (Å²) in [7, 11) is 0. The van der Waals surface area contributed by atoms with Crippen molar-refractivity contribution in [3.8, 4) is 0 Å². The fourth-order valence-electron chi connectivity index (χ4n) is 2.44. The van der Waals surface area contributed by atoms with Gasteiger partial charge in [0.25, 0.3) is 0 Å². The third kappa shape index (κ3) is 2.84. The molecule has 0 amide bonds. The predicted octanol–water partition coefficient (Wildman–Crippen LogP) is 2.80. The van der Waals surface area contributed by atoms with Crippen molar-refractivity contribution in [1.29, 1.82) is 0 Å². The quantitative estimate of drug-likeness (QED) is 0.903. The Kier molecular flexibility index (Phi) is 3.92. The average Bonchev–Trinajstić information content (AvgIpc) is 2.83. The SMILES string of the molecule is NCC(c1ccc(C(F)(F)F)cc1)N1CCCC1. The molecule has 1 aliphatic rings. The van der Waals surface area contributed by atoms with Crippen LogP contribution < -0.4 is 5.73 Å². The molecule has 2 rings (SSSR count). The molecule has 0 aliphatic carbocycles. The van der Waals surface area contributed by atoms with Crippen molar-refractivity contribution in [2.45, 2.75) is 25.1 Å². The molecule has 0 saturated carbocycles. The average molecular weight is 258 g/mol. The molecule has 1 unspecified atom stereocenters. The molecule has 1 heterocycles. The van der Waals surface area contributed by atoms with E-state index < -0.39 is 11.7 Å². The molecule has 0 radical (unpaired) electrons. The molecule has 0 spiro atoms. The first-order valence-electron chi connectivity index (χ1n) is 6.13. The van der Waals surface area contributed by atoms with Gasteiger partial charge in [0, 0.05) is 12.6 Å². The van der Waals surface area contributed by atoms with E-state index in [-0.39, 0.29) is 6.04 Å². The third-order valence-corrected chi connectivity index (χ3v) is 3.43. The smallest absolute Gasteiger partial charge is 0.329 e. The minimum Gasteiger partial charge on any atom is -0.329 e. The lowest BCUT2D eigenvalue weighted by Gasteiger charge is -2.26. The van der Waals surface area contributed by atoms with Gasteiger partial charge in [-0.1, -0.05) is 12.1 Å². The minimum atomic E-state index is -4.27. The molecule has 1 saturated heterocycles. The lowest BCUT2D eigenvalue weighted by Crippen LogP contribution is -2.31. The number of rotatable bonds is 3. The lowest BCUT2D eigenvalue weighted by molar-refractivity contribution is -0.137. The molecule has 1 aliphatic heterocycles. The van der Waals surface area contributed by atoms with Crippen molar-refractivity contribution in [1.82, 2.24) is 4.90 Å². The van der Waals surface area contributed by atoms with E-state index in [1.54, 1.807) is 12.1 Å². The van der Waals surface area contributed by atoms with Gasteiger partial charge in [0.1, 0.15) is 0 Å². The molecule has 2 N–H and O–H groups in total. The van der Waals surface area contributed by atoms with Gasteiger partial charge in [-0.25, -0.2) is 0 Å². The molecule has 0 bridgehead atoms. The number of nitrogens with zero attached hydrogens (tertiary/aromatic N) is 1. The van der Waals surface area contributed by atoms with Gasteiger partial charge in [0.2, 0.25) is 0 Å². The Bertz CT molecular complexity index is 380. The van der Waals surface area contributed by atoms with E-state index in [0.717, 1.165) is 43.6 Å². The highest BCUT2D eigenvalue weighted by Gasteiger charge is 2.30. The van der Waals surface area contributed by atoms with Crippen LogP contribution in [0.4, 0.5) is 13.2 Å². The highest BCUT2D eigenvalue weighted by Crippen LogP contribution is 2.31. The van der Waals surface area contributed by atoms with Crippen molar-refractivity contribution >= 4 is 0 Å². The molecule has 1 aromatic rings. The lowest BCUT2D eigenvalue weighted by atomic mass is 10.0. The molecule has 0 aromatic heterocycles. The summed E-state index contributed by atoms with van der Waals surface area (Å²) in [5.74, 6) is 0. The second-order valence-corrected chi connectivity index (χ2v) is 4.61. The van der Waals surface area contributed by atoms with Crippen LogP contribution in [0, 0.1) is 0 Å². The van der Waals surface area contributed by atoms with E-state index >= 15 is 0 Å². The Morgan fingerprint density at radius 1 is 1.11 bits per heavy atom. The van der Waals surface area contributed by atoms with Crippen LogP contribution in [-0.4, -0.2) is 24.5 Å². The summed E-state index contributed by atoms with van der Waals surface area (Å²) < 4.78 is 37.4. The van der Waals surface area contributed by atoms with E-state index in [1.807, 2.05) is 0 Å². The molecular weight excluding hydrogens is 241 g/mol. The zero-order valence-electron chi connectivity index (χ0n) is 10.1. The topological polar surface area (TPSA) is 29.3 Å². The number of benzene rings is 1. The Morgan fingerprint density at radius 2 is 1.67 bits per heavy atom. The second-order valence-electron chi connectivity index (χ2n) is 4.61. The molecule has 1 aromatic carbocycles. The fourth-order valence-corrected chi connectivity index (χ4v) is 2.44. The van der Waals surface area contributed by atoms with Gasteiger partial charge >= 0.3 is 6.18 Å². The number of halogens is 3. The van der Waals surface area contributed by atoms with E-state index in [9.17, 15) is 13.2 Å². The van der Waals surface area contributed by atoms with Crippen molar-refractivity contribution in [3.05, 3.63) is 35.4 Å². The van der Waals surface area contributed by atoms with Crippen LogP contribution in [0.1, 0.15) is 30.0 Å². The van der Waals surface area contributed by atoms with Crippen LogP contribution >= 0.6 is 0 Å². The summed E-state index contributed by atoms with van der Waals surface area (Å²) in [4.78, 5) is 2.24. The molecule has 1 atom stereocenters. The van der Waals surface area contributed by atoms with Gasteiger partial charge in [0.15, 0.2) is 0 Å². The van der Waals surface area contributed by atoms with Crippen molar-refractivity contribution < 1.29 is 13.2 Å². The number of nitrogens with two attached hydrogens (primary N) is 1. The van der Waals surface area contributed by atoms with E-state index in [1.165, 1.54) is 0 Å². The number of alkyl halides is 3. The van der Waals surface area contributed by atoms with Crippen LogP contribution in [0.5, 0.6) is 0 Å². The summed E-state index contributed by atoms with van der Waals surface area (Å²) >= 11 is 0. The number of hydrogen-bond donors (Lipinski definition) is 1. The standard InChI is InChI=1S/C13H17F3N2/c14-13(15,16)11-5-3-10(4-6-11)12(9-17)18-7-1-2-8-18/h3-6,12H,1-2,7-9,17H2. The summed E-state index contributed by atoms with van der Waals surface area (Å²) in [6.45, 7) is 2.39. The maximum Gasteiger partial charge on any atom is 0.416 e. The van der Waals surface area contributed by atoms with Crippen LogP contribution in [0.25, 0.3) is 0 Å². The van der Waals surface area contributed by atoms with Gasteiger partial charge in [0.05, 0.1) is 5.56 Å². The van der Waals surface area contributed by atoms with Crippen LogP contribution in [0.2, 0.25) is 0 Å². The monoisotopic (exact) mass is 258 g/mol. The minimum absolute atomic E-state index is 0.0368. The van der Waals surface area contributed by atoms with Gasteiger partial charge in [-0.3, -0.25) is 4.90 Å². The normalized spacial score (nSPS) is 19.1. The summed E-state index contributed by atoms with van der Waals surface area (Å²) in [6.07, 6.45) is -2.00. The van der Waals surface area contributed by atoms with Crippen LogP contribution in [0.3, 0.4) is 0 Å². The van der Waals surface area contributed by atoms with E-state index in [4.69, 9.17) is 5.73 Å². The molecule has 18 heavy (non-hydrogen) atoms. The third-order valence-electron chi connectivity index (χ3n) is 3.43. The molecule has 5 heteroatoms. The molecule has 1 fully saturated rings. The fraction of sp³-hybridized carbons (Fsp3) is 0.538. The first kappa shape index (κ1) is 13.4. The highest BCUT2D eigenvalue weighted by molar-refractivity contribution is 5.27. The van der Waals surface area contributed by atoms with Gasteiger partial charge < -0.3 is 5.73 Å². The van der Waals surface area contributed by atoms with Gasteiger partial charge in [-0.05, 0) is 43.6 Å². The van der Waals surface area contributed by atoms with Gasteiger partial charge in [-0.15, -0.1) is 0 Å². The number of likely N-dealkylation sites (tertiary alicyclic amines) is 1. The Morgan fingerprint density at radius 3 is 2.11 bits per heavy atom. The number of hydrogen-bond acceptors (Lipinski definition) is 2. The predicted molar refractivity (Wildman–Crippen MR) is 64.0 cm³/mol. The first-order chi connectivity index (χ1) is 8.52. The zero-order valence-corrected chi connectivity index (χ0v) is 10.1. The Hall–Kier alpha value is -1.07. The molecular formula is C13H17F3N2. The maximum absolute atomic E-state index is 12.5. The Labute approximate surface area is 105 Å². The second kappa shape index (κ2) is 5.28. The van der Waals surface area contributed by atoms with Crippen LogP contribution in [0.15, 0.2) is 24.3 Å². The summed E-state index contributed by atoms with van der Waals surface area (Å²) in [6, 6.07) is 5.38. The van der Waals surface area contributed by atoms with Crippen LogP contribution in [-0.2, 0) is 6.18 Å². The highest BCUT2D eigenvalue weighted by atomic mass is 19.4. The van der Waals surface area contributed by atoms with E-state index in [0.29, 0.717) is 6.54 Å². The zero-order chi connectivity index (χ0) is 13.2. The summed E-state index contributed by atoms with van der Waals surface area (Å²) in [5, 5.41) is 0. The molecule has 2 nitrogen and oxygen atoms in total. The van der Waals surface area contributed by atoms with Crippen molar-refractivity contribution in [3.63, 3.8) is 0 Å². The Balaban J connectivity index is 2.16. The largest absolute Gasteiger partial charge is 0.416 e. The van der Waals surface area contributed by atoms with E-state index in [2.05, 4.69) is 4.90 Å². The summed E-state index contributed by atoms with van der Waals surface area (Å²) in [5.41, 5.74) is 6.00. The first-order valence-corrected chi connectivity index (χ1v) is 6.13. The maximum atomic E-state index is 12.5. The van der Waals surface area contributed by atoms with Crippen molar-refractivity contribution in [2.24, 2.45) is 5.73 Å². The van der Waals surface area contributed by atoms with Gasteiger partial charge in [-0.2, -0.15) is 13.2 Å².